The van der Waals surface area contributed by atoms with Crippen molar-refractivity contribution < 1.29 is 0 Å². The van der Waals surface area contributed by atoms with Crippen LogP contribution in [0.2, 0.25) is 48.4 Å². The molecule has 0 amide bonds. The maximum atomic E-state index is 4.47. The van der Waals surface area contributed by atoms with Crippen LogP contribution in [0, 0.1) is 0 Å². The van der Waals surface area contributed by atoms with Crippen LogP contribution in [0.3, 0.4) is 0 Å². The summed E-state index contributed by atoms with van der Waals surface area (Å²) >= 11 is 39.6. The fraction of sp³-hybridized carbons (Fsp3) is 1.00. The summed E-state index contributed by atoms with van der Waals surface area (Å²) in [6.45, 7) is 0. The molecule has 0 atom stereocenters. The van der Waals surface area contributed by atoms with Gasteiger partial charge >= 0.3 is 0 Å². The smallest absolute Gasteiger partial charge is 0.0536 e. The molecule has 308 valence electrons. The van der Waals surface area contributed by atoms with Gasteiger partial charge in [0.2, 0.25) is 0 Å². The van der Waals surface area contributed by atoms with Gasteiger partial charge in [0.1, 0.15) is 0 Å². The summed E-state index contributed by atoms with van der Waals surface area (Å²) in [7, 11) is -2.52. The van der Waals surface area contributed by atoms with Crippen molar-refractivity contribution in [3.05, 3.63) is 0 Å². The summed E-state index contributed by atoms with van der Waals surface area (Å²) in [5, 5.41) is 0. The highest BCUT2D eigenvalue weighted by Crippen LogP contribution is 2.36. The van der Waals surface area contributed by atoms with Crippen molar-refractivity contribution in [2.24, 2.45) is 0 Å². The first-order valence-electron chi connectivity index (χ1n) is 20.2. The molecule has 51 heavy (non-hydrogen) atoms. The Morgan fingerprint density at radius 3 is 0.588 bits per heavy atom. The summed E-state index contributed by atoms with van der Waals surface area (Å²) in [4.78, 5) is 0. The normalized spacial score (nSPS) is 12.4. The predicted molar refractivity (Wildman–Crippen MR) is 288 cm³/mol. The van der Waals surface area contributed by atoms with Crippen molar-refractivity contribution in [2.75, 3.05) is 104 Å². The van der Waals surface area contributed by atoms with Crippen LogP contribution in [0.15, 0.2) is 0 Å². The molecule has 0 aromatic rings. The lowest BCUT2D eigenvalue weighted by molar-refractivity contribution is 0.643. The van der Waals surface area contributed by atoms with Crippen LogP contribution in [-0.4, -0.2) is 120 Å². The molecular formula is C37H80S12Si2. The van der Waals surface area contributed by atoms with Gasteiger partial charge in [0, 0.05) is 34.5 Å². The second-order valence-electron chi connectivity index (χ2n) is 13.9. The Hall–Kier alpha value is 4.63. The highest BCUT2D eigenvalue weighted by Gasteiger charge is 2.32. The maximum absolute atomic E-state index is 4.47. The van der Waals surface area contributed by atoms with E-state index >= 15 is 0 Å². The number of unbranched alkanes of at least 4 members (excludes halogenated alkanes) is 4. The van der Waals surface area contributed by atoms with Gasteiger partial charge < -0.3 is 0 Å². The van der Waals surface area contributed by atoms with E-state index in [2.05, 4.69) is 146 Å². The van der Waals surface area contributed by atoms with Gasteiger partial charge in [-0.25, -0.2) is 0 Å². The molecule has 0 saturated heterocycles. The van der Waals surface area contributed by atoms with Gasteiger partial charge in [0.15, 0.2) is 0 Å². The molecule has 0 aliphatic heterocycles. The lowest BCUT2D eigenvalue weighted by atomic mass is 10.2. The van der Waals surface area contributed by atoms with E-state index in [-0.39, 0.29) is 0 Å². The Balaban J connectivity index is 5.31. The van der Waals surface area contributed by atoms with Crippen LogP contribution >= 0.6 is 146 Å². The Bertz CT molecular complexity index is 557. The first kappa shape index (κ1) is 55.6. The zero-order chi connectivity index (χ0) is 37.4. The van der Waals surface area contributed by atoms with Crippen molar-refractivity contribution in [2.45, 2.75) is 119 Å². The fourth-order valence-electron chi connectivity index (χ4n) is 7.33. The summed E-state index contributed by atoms with van der Waals surface area (Å²) in [6, 6.07) is 12.6. The van der Waals surface area contributed by atoms with Gasteiger partial charge in [-0.3, -0.25) is 0 Å². The van der Waals surface area contributed by atoms with Crippen LogP contribution in [0.1, 0.15) is 70.6 Å². The SMILES string of the molecule is SCCSCCC[Si](CCCCCCC[Si](CCCSCCS)(CCCSCCS)CCCSCCS)(CCCSCCS)CCCSCCS. The second-order valence-corrected chi connectivity index (χ2v) is 33.9. The van der Waals surface area contributed by atoms with Crippen molar-refractivity contribution in [3.8, 4) is 0 Å². The van der Waals surface area contributed by atoms with Crippen LogP contribution in [0.25, 0.3) is 0 Å². The third-order valence-electron chi connectivity index (χ3n) is 9.80. The number of rotatable bonds is 44. The summed E-state index contributed by atoms with van der Waals surface area (Å²) in [5.74, 6) is 21.4. The fourth-order valence-corrected chi connectivity index (χ4v) is 25.8. The quantitative estimate of drug-likeness (QED) is 0.0203. The minimum Gasteiger partial charge on any atom is -0.179 e. The van der Waals surface area contributed by atoms with E-state index in [0.29, 0.717) is 0 Å². The van der Waals surface area contributed by atoms with Gasteiger partial charge in [-0.2, -0.15) is 146 Å². The van der Waals surface area contributed by atoms with E-state index in [4.69, 9.17) is 0 Å². The highest BCUT2D eigenvalue weighted by atomic mass is 32.2. The molecule has 0 rings (SSSR count). The largest absolute Gasteiger partial charge is 0.179 e. The molecule has 0 aromatic heterocycles. The monoisotopic (exact) mass is 964 g/mol. The summed E-state index contributed by atoms with van der Waals surface area (Å²) in [6.07, 6.45) is 16.1. The van der Waals surface area contributed by atoms with E-state index in [1.165, 1.54) is 140 Å². The van der Waals surface area contributed by atoms with Crippen LogP contribution in [0.4, 0.5) is 0 Å². The Morgan fingerprint density at radius 2 is 0.392 bits per heavy atom. The van der Waals surface area contributed by atoms with Gasteiger partial charge in [0.05, 0.1) is 16.1 Å². The van der Waals surface area contributed by atoms with E-state index < -0.39 is 16.1 Å². The van der Waals surface area contributed by atoms with Crippen molar-refractivity contribution in [1.82, 2.24) is 0 Å². The van der Waals surface area contributed by atoms with Crippen LogP contribution < -0.4 is 0 Å². The molecular weight excluding hydrogens is 885 g/mol. The zero-order valence-electron chi connectivity index (χ0n) is 32.3. The molecule has 0 N–H and O–H groups in total. The van der Waals surface area contributed by atoms with Crippen molar-refractivity contribution in [3.63, 3.8) is 0 Å². The molecule has 0 spiro atoms. The lowest BCUT2D eigenvalue weighted by Crippen LogP contribution is -2.34. The first-order chi connectivity index (χ1) is 25.1. The minimum absolute atomic E-state index is 1.02. The van der Waals surface area contributed by atoms with E-state index in [1.54, 1.807) is 48.4 Å². The standard InChI is InChI=1S/C37H80S12Si2/c38-12-24-44-18-6-32-50(33-7-19-45-25-13-39,34-8-20-46-26-14-40)30-4-2-1-3-5-31-51(35-9-21-47-27-15-41,36-10-22-48-28-16-42)37-11-23-49-29-17-43/h38-43H,1-37H2. The Morgan fingerprint density at radius 1 is 0.216 bits per heavy atom. The minimum atomic E-state index is -1.26. The zero-order valence-corrected chi connectivity index (χ0v) is 44.6. The lowest BCUT2D eigenvalue weighted by Gasteiger charge is -2.33. The molecule has 14 heteroatoms. The van der Waals surface area contributed by atoms with E-state index in [1.807, 2.05) is 0 Å². The predicted octanol–water partition coefficient (Wildman–Crippen LogP) is 14.2. The van der Waals surface area contributed by atoms with Gasteiger partial charge in [-0.15, -0.1) is 0 Å². The molecule has 0 fully saturated rings. The first-order valence-corrected chi connectivity index (χ1v) is 36.6. The molecule has 0 bridgehead atoms. The van der Waals surface area contributed by atoms with Gasteiger partial charge in [-0.05, 0) is 108 Å². The average Bonchev–Trinajstić information content (AvgIpc) is 3.13. The molecule has 0 unspecified atom stereocenters. The third-order valence-corrected chi connectivity index (χ3v) is 30.7. The molecule has 0 aromatic carbocycles. The van der Waals surface area contributed by atoms with Crippen LogP contribution in [-0.2, 0) is 0 Å². The summed E-state index contributed by atoms with van der Waals surface area (Å²) in [5.41, 5.74) is 0. The molecule has 0 saturated carbocycles. The molecule has 0 aliphatic rings. The molecule has 0 nitrogen and oxygen atoms in total. The van der Waals surface area contributed by atoms with Crippen molar-refractivity contribution in [1.29, 1.82) is 0 Å². The summed E-state index contributed by atoms with van der Waals surface area (Å²) < 4.78 is 0. The number of thiol groups is 6. The number of thioether (sulfide) groups is 6. The number of hydrogen-bond donors (Lipinski definition) is 6. The van der Waals surface area contributed by atoms with Crippen LogP contribution in [0.5, 0.6) is 0 Å². The molecule has 0 aliphatic carbocycles. The third kappa shape index (κ3) is 36.2. The van der Waals surface area contributed by atoms with Crippen molar-refractivity contribution >= 4 is 162 Å². The van der Waals surface area contributed by atoms with Gasteiger partial charge in [0.25, 0.3) is 0 Å². The Kier molecular flexibility index (Phi) is 48.2. The maximum Gasteiger partial charge on any atom is 0.0536 e. The van der Waals surface area contributed by atoms with E-state index in [9.17, 15) is 0 Å². The molecule has 0 radical (unpaired) electrons. The highest BCUT2D eigenvalue weighted by molar-refractivity contribution is 8.01. The topological polar surface area (TPSA) is 0 Å². The average molecular weight is 966 g/mol. The van der Waals surface area contributed by atoms with E-state index in [0.717, 1.165) is 34.5 Å². The number of hydrogen-bond acceptors (Lipinski definition) is 12. The second kappa shape index (κ2) is 44.2. The Labute approximate surface area is 380 Å². The molecule has 0 heterocycles. The van der Waals surface area contributed by atoms with Gasteiger partial charge in [-0.1, -0.05) is 80.5 Å².